The number of hydrogen-bond acceptors (Lipinski definition) is 5. The molecular weight excluding hydrogens is 827 g/mol. The Balaban J connectivity index is 1.12. The van der Waals surface area contributed by atoms with Crippen LogP contribution in [0.5, 0.6) is 0 Å². The summed E-state index contributed by atoms with van der Waals surface area (Å²) in [6, 6.07) is 83.4. The zero-order chi connectivity index (χ0) is 45.0. The molecule has 5 nitrogen and oxygen atoms in total. The zero-order valence-corrected chi connectivity index (χ0v) is 36.8. The van der Waals surface area contributed by atoms with E-state index in [4.69, 9.17) is 20.2 Å². The maximum absolute atomic E-state index is 5.37. The van der Waals surface area contributed by atoms with Crippen LogP contribution in [0.1, 0.15) is 0 Å². The van der Waals surface area contributed by atoms with Gasteiger partial charge >= 0.3 is 0 Å². The number of fused-ring (bicyclic) bond motifs is 6. The van der Waals surface area contributed by atoms with E-state index < -0.39 is 0 Å². The molecule has 316 valence electrons. The maximum atomic E-state index is 5.37. The standard InChI is InChI=1S/C63H39N5/c1-4-20-40(21-5-1)43-26-10-12-28-45(43)46-29-13-14-30-47(46)50-36-38-55-59(60-56(64-55)39-37-53-48-31-18-19-35-54(48)65-61(53)60)58(50)49-32-15-17-34-52(49)63-57(42-24-8-3-9-25-42)62(66-68-67-63)51-33-16-11-27-44(51)41-22-6-2-7-23-41/h1-39H. The number of aromatic nitrogens is 3. The van der Waals surface area contributed by atoms with Gasteiger partial charge in [-0.05, 0) is 85.1 Å². The molecule has 0 fully saturated rings. The predicted molar refractivity (Wildman–Crippen MR) is 274 cm³/mol. The number of nitrogens with zero attached hydrogens (tertiary/aromatic N) is 5. The van der Waals surface area contributed by atoms with E-state index in [9.17, 15) is 0 Å². The Labute approximate surface area is 393 Å². The van der Waals surface area contributed by atoms with Gasteiger partial charge in [0.2, 0.25) is 0 Å². The fourth-order valence-electron chi connectivity index (χ4n) is 10.3. The van der Waals surface area contributed by atoms with Gasteiger partial charge in [0.25, 0.3) is 0 Å². The number of rotatable bonds is 8. The smallest absolute Gasteiger partial charge is 0.105 e. The van der Waals surface area contributed by atoms with Gasteiger partial charge in [0.1, 0.15) is 11.4 Å². The Kier molecular flexibility index (Phi) is 9.43. The van der Waals surface area contributed by atoms with Crippen LogP contribution in [0.3, 0.4) is 0 Å². The highest BCUT2D eigenvalue weighted by Gasteiger charge is 2.30. The topological polar surface area (TPSA) is 63.4 Å². The minimum absolute atomic E-state index is 0.733. The summed E-state index contributed by atoms with van der Waals surface area (Å²) in [7, 11) is 0. The van der Waals surface area contributed by atoms with E-state index in [0.29, 0.717) is 0 Å². The highest BCUT2D eigenvalue weighted by atomic mass is 15.3. The van der Waals surface area contributed by atoms with Gasteiger partial charge in [0.15, 0.2) is 0 Å². The molecule has 13 rings (SSSR count). The largest absolute Gasteiger partial charge is 0.248 e. The number of para-hydroxylation sites is 1. The summed E-state index contributed by atoms with van der Waals surface area (Å²) >= 11 is 0. The van der Waals surface area contributed by atoms with E-state index in [0.717, 1.165) is 127 Å². The van der Waals surface area contributed by atoms with Crippen LogP contribution in [-0.2, 0) is 0 Å². The van der Waals surface area contributed by atoms with E-state index in [2.05, 4.69) is 230 Å². The molecule has 0 radical (unpaired) electrons. The first-order valence-corrected chi connectivity index (χ1v) is 22.9. The molecule has 68 heavy (non-hydrogen) atoms. The molecule has 0 bridgehead atoms. The summed E-state index contributed by atoms with van der Waals surface area (Å²) in [4.78, 5) is 10.7. The highest BCUT2D eigenvalue weighted by Crippen LogP contribution is 2.53. The van der Waals surface area contributed by atoms with Gasteiger partial charge in [0, 0.05) is 43.8 Å². The third-order valence-electron chi connectivity index (χ3n) is 13.3. The summed E-state index contributed by atoms with van der Waals surface area (Å²) in [6.45, 7) is 0. The molecule has 5 heteroatoms. The summed E-state index contributed by atoms with van der Waals surface area (Å²) < 4.78 is 0. The molecule has 0 unspecified atom stereocenters. The maximum Gasteiger partial charge on any atom is 0.105 e. The third kappa shape index (κ3) is 6.44. The lowest BCUT2D eigenvalue weighted by atomic mass is 9.81. The van der Waals surface area contributed by atoms with Crippen molar-refractivity contribution >= 4 is 11.4 Å². The first-order chi connectivity index (χ1) is 33.8. The third-order valence-corrected chi connectivity index (χ3v) is 13.3. The van der Waals surface area contributed by atoms with Crippen molar-refractivity contribution in [2.45, 2.75) is 0 Å². The Hall–Kier alpha value is -9.19. The quantitative estimate of drug-likeness (QED) is 0.153. The fraction of sp³-hybridized carbons (Fsp3) is 0. The summed E-state index contributed by atoms with van der Waals surface area (Å²) in [5, 5.41) is 18.7. The summed E-state index contributed by atoms with van der Waals surface area (Å²) in [6.07, 6.45) is 0. The average Bonchev–Trinajstić information content (AvgIpc) is 4.00. The van der Waals surface area contributed by atoms with E-state index in [1.54, 1.807) is 0 Å². The van der Waals surface area contributed by atoms with Crippen LogP contribution in [-0.4, -0.2) is 15.4 Å². The Morgan fingerprint density at radius 1 is 0.235 bits per heavy atom. The second-order valence-electron chi connectivity index (χ2n) is 17.1. The molecule has 0 saturated heterocycles. The average molecular weight is 866 g/mol. The molecule has 0 spiro atoms. The second kappa shape index (κ2) is 16.4. The molecule has 0 aliphatic carbocycles. The molecule has 0 N–H and O–H groups in total. The minimum Gasteiger partial charge on any atom is -0.248 e. The molecule has 11 aromatic rings. The number of hydrogen-bond donors (Lipinski definition) is 0. The highest BCUT2D eigenvalue weighted by molar-refractivity contribution is 6.09. The molecule has 2 aliphatic heterocycles. The van der Waals surface area contributed by atoms with Gasteiger partial charge in [-0.1, -0.05) is 212 Å². The Morgan fingerprint density at radius 3 is 1.34 bits per heavy atom. The van der Waals surface area contributed by atoms with Gasteiger partial charge in [-0.25, -0.2) is 9.98 Å². The van der Waals surface area contributed by atoms with Gasteiger partial charge in [0.05, 0.1) is 22.1 Å². The number of benzene rings is 10. The van der Waals surface area contributed by atoms with Crippen LogP contribution < -0.4 is 10.7 Å². The van der Waals surface area contributed by atoms with E-state index in [-0.39, 0.29) is 0 Å². The van der Waals surface area contributed by atoms with Crippen molar-refractivity contribution in [3.63, 3.8) is 0 Å². The lowest BCUT2D eigenvalue weighted by Gasteiger charge is -2.22. The van der Waals surface area contributed by atoms with Crippen molar-refractivity contribution in [3.05, 3.63) is 258 Å². The van der Waals surface area contributed by atoms with Gasteiger partial charge in [-0.15, -0.1) is 10.2 Å². The first kappa shape index (κ1) is 39.2. The van der Waals surface area contributed by atoms with Gasteiger partial charge in [-0.2, -0.15) is 0 Å². The van der Waals surface area contributed by atoms with Crippen molar-refractivity contribution in [3.8, 4) is 100 Å². The van der Waals surface area contributed by atoms with Crippen molar-refractivity contribution < 1.29 is 0 Å². The summed E-state index contributed by atoms with van der Waals surface area (Å²) in [5.74, 6) is 0. The molecule has 1 aromatic heterocycles. The van der Waals surface area contributed by atoms with Crippen LogP contribution in [0.4, 0.5) is 11.4 Å². The molecule has 0 saturated carbocycles. The Morgan fingerprint density at radius 2 is 0.706 bits per heavy atom. The van der Waals surface area contributed by atoms with Crippen LogP contribution in [0, 0.1) is 10.4 Å². The normalized spacial score (nSPS) is 11.8. The lowest BCUT2D eigenvalue weighted by molar-refractivity contribution is 0.879. The molecule has 0 atom stereocenters. The molecule has 2 aliphatic rings. The van der Waals surface area contributed by atoms with E-state index in [1.165, 1.54) is 5.56 Å². The van der Waals surface area contributed by atoms with Crippen LogP contribution in [0.15, 0.2) is 247 Å². The molecular formula is C63H39N5. The Bertz CT molecular complexity index is 4020. The minimum atomic E-state index is 0.733. The molecule has 10 aromatic carbocycles. The van der Waals surface area contributed by atoms with Crippen molar-refractivity contribution in [1.29, 1.82) is 0 Å². The fourth-order valence-corrected chi connectivity index (χ4v) is 10.3. The van der Waals surface area contributed by atoms with E-state index in [1.807, 2.05) is 12.1 Å². The second-order valence-corrected chi connectivity index (χ2v) is 17.1. The predicted octanol–water partition coefficient (Wildman–Crippen LogP) is 14.7. The van der Waals surface area contributed by atoms with Gasteiger partial charge < -0.3 is 0 Å². The lowest BCUT2D eigenvalue weighted by Crippen LogP contribution is -2.03. The van der Waals surface area contributed by atoms with Gasteiger partial charge in [-0.3, -0.25) is 0 Å². The van der Waals surface area contributed by atoms with Crippen molar-refractivity contribution in [2.24, 2.45) is 9.98 Å². The monoisotopic (exact) mass is 865 g/mol. The van der Waals surface area contributed by atoms with Crippen LogP contribution in [0.2, 0.25) is 0 Å². The van der Waals surface area contributed by atoms with E-state index >= 15 is 0 Å². The molecule has 3 heterocycles. The van der Waals surface area contributed by atoms with Crippen molar-refractivity contribution in [1.82, 2.24) is 15.4 Å². The van der Waals surface area contributed by atoms with Crippen molar-refractivity contribution in [2.75, 3.05) is 0 Å². The zero-order valence-electron chi connectivity index (χ0n) is 36.8. The first-order valence-electron chi connectivity index (χ1n) is 22.9. The van der Waals surface area contributed by atoms with Crippen LogP contribution >= 0.6 is 0 Å². The summed E-state index contributed by atoms with van der Waals surface area (Å²) in [5.41, 5.74) is 20.2. The SMILES string of the molecule is c1ccc(-c2ccccc2-c2ccccc2-c2ccc3c(c2-c2ccccc2-c2nnnc(-c4ccccc4-c4ccccc4)c2-c2ccccc2)-c2c4c(ccc2=N3)=c2ccccc2=N4)cc1. The molecule has 0 amide bonds. The van der Waals surface area contributed by atoms with Crippen LogP contribution in [0.25, 0.3) is 100 Å².